The molecule has 0 aromatic carbocycles. The molecule has 202 valence electrons. The molecule has 0 unspecified atom stereocenters. The number of alkyl halides is 3. The standard InChI is InChI=1S/C21H28F3N9O3S/c1-3-15-17-18(33(30-15)11-12-36-13-21(22,23)24)19(27-16-5-6-25-14-26-16)29-20(28-17)31-7-9-32(10-8-31)37(34,35)4-2/h5-6,14H,3-4,7-13H2,1-2H3,(H,25,26,27,28,29). The van der Waals surface area contributed by atoms with Crippen molar-refractivity contribution in [2.45, 2.75) is 33.0 Å². The van der Waals surface area contributed by atoms with E-state index in [1.165, 1.54) is 15.3 Å². The largest absolute Gasteiger partial charge is 0.411 e. The van der Waals surface area contributed by atoms with Crippen LogP contribution in [-0.4, -0.2) is 93.8 Å². The van der Waals surface area contributed by atoms with E-state index in [-0.39, 0.29) is 18.9 Å². The lowest BCUT2D eigenvalue weighted by atomic mass is 10.2. The summed E-state index contributed by atoms with van der Waals surface area (Å²) in [4.78, 5) is 19.4. The zero-order valence-corrected chi connectivity index (χ0v) is 21.3. The predicted octanol–water partition coefficient (Wildman–Crippen LogP) is 1.97. The van der Waals surface area contributed by atoms with Crippen LogP contribution in [0.15, 0.2) is 18.6 Å². The quantitative estimate of drug-likeness (QED) is 0.379. The van der Waals surface area contributed by atoms with Crippen molar-refractivity contribution in [3.63, 3.8) is 0 Å². The van der Waals surface area contributed by atoms with Gasteiger partial charge in [-0.25, -0.2) is 23.4 Å². The number of rotatable bonds is 10. The van der Waals surface area contributed by atoms with Crippen LogP contribution < -0.4 is 10.2 Å². The Kier molecular flexibility index (Phi) is 8.08. The minimum absolute atomic E-state index is 0.0359. The van der Waals surface area contributed by atoms with Gasteiger partial charge in [0.1, 0.15) is 29.8 Å². The van der Waals surface area contributed by atoms with E-state index in [2.05, 4.69) is 20.4 Å². The van der Waals surface area contributed by atoms with Crippen molar-refractivity contribution in [2.75, 3.05) is 55.4 Å². The first-order valence-electron chi connectivity index (χ1n) is 11.8. The van der Waals surface area contributed by atoms with Crippen LogP contribution in [0.5, 0.6) is 0 Å². The van der Waals surface area contributed by atoms with Crippen LogP contribution in [0, 0.1) is 0 Å². The molecule has 1 N–H and O–H groups in total. The fraction of sp³-hybridized carbons (Fsp3) is 0.571. The van der Waals surface area contributed by atoms with Gasteiger partial charge in [0, 0.05) is 32.4 Å². The fourth-order valence-electron chi connectivity index (χ4n) is 3.93. The van der Waals surface area contributed by atoms with E-state index in [0.717, 1.165) is 0 Å². The van der Waals surface area contributed by atoms with Gasteiger partial charge >= 0.3 is 6.18 Å². The second-order valence-electron chi connectivity index (χ2n) is 8.27. The molecule has 0 spiro atoms. The lowest BCUT2D eigenvalue weighted by Crippen LogP contribution is -2.49. The van der Waals surface area contributed by atoms with E-state index in [0.29, 0.717) is 66.9 Å². The maximum atomic E-state index is 12.5. The number of anilines is 3. The lowest BCUT2D eigenvalue weighted by molar-refractivity contribution is -0.174. The number of fused-ring (bicyclic) bond motifs is 1. The Balaban J connectivity index is 1.67. The Hall–Kier alpha value is -3.11. The molecule has 1 saturated heterocycles. The van der Waals surface area contributed by atoms with E-state index < -0.39 is 22.8 Å². The van der Waals surface area contributed by atoms with Crippen molar-refractivity contribution in [2.24, 2.45) is 0 Å². The highest BCUT2D eigenvalue weighted by atomic mass is 32.2. The number of aromatic nitrogens is 6. The molecule has 0 atom stereocenters. The average molecular weight is 544 g/mol. The average Bonchev–Trinajstić information content (AvgIpc) is 3.24. The number of hydrogen-bond acceptors (Lipinski definition) is 10. The van der Waals surface area contributed by atoms with Gasteiger partial charge in [-0.2, -0.15) is 27.6 Å². The Morgan fingerprint density at radius 2 is 1.89 bits per heavy atom. The first-order valence-corrected chi connectivity index (χ1v) is 13.4. The molecule has 0 bridgehead atoms. The molecule has 12 nitrogen and oxygen atoms in total. The summed E-state index contributed by atoms with van der Waals surface area (Å²) in [5.41, 5.74) is 1.69. The number of ether oxygens (including phenoxy) is 1. The van der Waals surface area contributed by atoms with E-state index in [1.54, 1.807) is 19.2 Å². The fourth-order valence-corrected chi connectivity index (χ4v) is 5.02. The van der Waals surface area contributed by atoms with Crippen LogP contribution in [-0.2, 0) is 27.7 Å². The normalized spacial score (nSPS) is 15.4. The number of piperazine rings is 1. The van der Waals surface area contributed by atoms with E-state index >= 15 is 0 Å². The number of halogens is 3. The molecule has 4 rings (SSSR count). The summed E-state index contributed by atoms with van der Waals surface area (Å²) in [7, 11) is -3.29. The first-order chi connectivity index (χ1) is 17.6. The summed E-state index contributed by atoms with van der Waals surface area (Å²) in [6, 6.07) is 1.65. The molecule has 37 heavy (non-hydrogen) atoms. The van der Waals surface area contributed by atoms with Crippen LogP contribution in [0.25, 0.3) is 11.0 Å². The Morgan fingerprint density at radius 1 is 1.14 bits per heavy atom. The monoisotopic (exact) mass is 543 g/mol. The molecule has 1 fully saturated rings. The summed E-state index contributed by atoms with van der Waals surface area (Å²) in [6.45, 7) is 3.44. The highest BCUT2D eigenvalue weighted by molar-refractivity contribution is 7.89. The molecular weight excluding hydrogens is 515 g/mol. The molecule has 0 aliphatic carbocycles. The summed E-state index contributed by atoms with van der Waals surface area (Å²) < 4.78 is 69.8. The molecule has 16 heteroatoms. The van der Waals surface area contributed by atoms with Crippen LogP contribution in [0.1, 0.15) is 19.5 Å². The van der Waals surface area contributed by atoms with Gasteiger partial charge in [-0.1, -0.05) is 6.92 Å². The number of sulfonamides is 1. The van der Waals surface area contributed by atoms with Crippen LogP contribution in [0.2, 0.25) is 0 Å². The third kappa shape index (κ3) is 6.42. The van der Waals surface area contributed by atoms with Crippen molar-refractivity contribution in [1.29, 1.82) is 0 Å². The van der Waals surface area contributed by atoms with Crippen LogP contribution in [0.3, 0.4) is 0 Å². The summed E-state index contributed by atoms with van der Waals surface area (Å²) in [5.74, 6) is 1.25. The second-order valence-corrected chi connectivity index (χ2v) is 10.5. The third-order valence-electron chi connectivity index (χ3n) is 5.80. The summed E-state index contributed by atoms with van der Waals surface area (Å²) in [5, 5.41) is 7.70. The van der Waals surface area contributed by atoms with Crippen molar-refractivity contribution >= 4 is 38.6 Å². The van der Waals surface area contributed by atoms with E-state index in [9.17, 15) is 21.6 Å². The number of nitrogens with zero attached hydrogens (tertiary/aromatic N) is 8. The number of nitrogens with one attached hydrogen (secondary N) is 1. The zero-order chi connectivity index (χ0) is 26.6. The van der Waals surface area contributed by atoms with Crippen molar-refractivity contribution < 1.29 is 26.3 Å². The third-order valence-corrected chi connectivity index (χ3v) is 7.68. The van der Waals surface area contributed by atoms with Gasteiger partial charge in [0.15, 0.2) is 5.82 Å². The van der Waals surface area contributed by atoms with E-state index in [1.807, 2.05) is 11.8 Å². The number of hydrogen-bond donors (Lipinski definition) is 1. The smallest absolute Gasteiger partial charge is 0.370 e. The predicted molar refractivity (Wildman–Crippen MR) is 130 cm³/mol. The zero-order valence-electron chi connectivity index (χ0n) is 20.4. The molecule has 3 aromatic heterocycles. The Bertz CT molecular complexity index is 1310. The highest BCUT2D eigenvalue weighted by Gasteiger charge is 2.29. The molecule has 0 amide bonds. The van der Waals surface area contributed by atoms with Crippen LogP contribution in [0.4, 0.5) is 30.8 Å². The van der Waals surface area contributed by atoms with Crippen molar-refractivity contribution in [1.82, 2.24) is 34.0 Å². The van der Waals surface area contributed by atoms with Gasteiger partial charge in [0.25, 0.3) is 0 Å². The molecule has 1 aliphatic heterocycles. The topological polar surface area (TPSA) is 131 Å². The molecule has 4 heterocycles. The first kappa shape index (κ1) is 26.9. The molecule has 0 saturated carbocycles. The van der Waals surface area contributed by atoms with Gasteiger partial charge in [0.2, 0.25) is 16.0 Å². The molecular formula is C21H28F3N9O3S. The summed E-state index contributed by atoms with van der Waals surface area (Å²) >= 11 is 0. The minimum atomic E-state index is -4.42. The van der Waals surface area contributed by atoms with E-state index in [4.69, 9.17) is 14.7 Å². The van der Waals surface area contributed by atoms with Gasteiger partial charge in [-0.15, -0.1) is 0 Å². The van der Waals surface area contributed by atoms with Gasteiger partial charge < -0.3 is 15.0 Å². The highest BCUT2D eigenvalue weighted by Crippen LogP contribution is 2.29. The molecule has 3 aromatic rings. The van der Waals surface area contributed by atoms with Gasteiger partial charge in [-0.3, -0.25) is 4.68 Å². The maximum Gasteiger partial charge on any atom is 0.411 e. The Morgan fingerprint density at radius 3 is 2.51 bits per heavy atom. The molecule has 1 aliphatic rings. The second kappa shape index (κ2) is 11.1. The van der Waals surface area contributed by atoms with Crippen molar-refractivity contribution in [3.05, 3.63) is 24.3 Å². The van der Waals surface area contributed by atoms with Crippen LogP contribution >= 0.6 is 0 Å². The van der Waals surface area contributed by atoms with Gasteiger partial charge in [0.05, 0.1) is 24.6 Å². The minimum Gasteiger partial charge on any atom is -0.370 e. The number of aryl methyl sites for hydroxylation is 1. The van der Waals surface area contributed by atoms with Gasteiger partial charge in [-0.05, 0) is 19.4 Å². The maximum absolute atomic E-state index is 12.5. The Labute approximate surface area is 211 Å². The molecule has 0 radical (unpaired) electrons. The van der Waals surface area contributed by atoms with Crippen molar-refractivity contribution in [3.8, 4) is 0 Å². The lowest BCUT2D eigenvalue weighted by Gasteiger charge is -2.34. The SMILES string of the molecule is CCc1nn(CCOCC(F)(F)F)c2c(Nc3ccncn3)nc(N3CCN(S(=O)(=O)CC)CC3)nc12. The summed E-state index contributed by atoms with van der Waals surface area (Å²) in [6.07, 6.45) is -0.964.